The van der Waals surface area contributed by atoms with Crippen molar-refractivity contribution in [2.24, 2.45) is 7.05 Å². The zero-order chi connectivity index (χ0) is 13.4. The molecule has 1 unspecified atom stereocenters. The molecule has 18 heavy (non-hydrogen) atoms. The summed E-state index contributed by atoms with van der Waals surface area (Å²) in [6, 6.07) is 0. The summed E-state index contributed by atoms with van der Waals surface area (Å²) in [6.07, 6.45) is 12.3. The largest absolute Gasteiger partial charge is 0.384 e. The quantitative estimate of drug-likeness (QED) is 0.667. The van der Waals surface area contributed by atoms with Crippen LogP contribution >= 0.6 is 0 Å². The van der Waals surface area contributed by atoms with Gasteiger partial charge in [-0.2, -0.15) is 5.10 Å². The highest BCUT2D eigenvalue weighted by atomic mass is 15.3. The van der Waals surface area contributed by atoms with E-state index in [-0.39, 0.29) is 0 Å². The Kier molecular flexibility index (Phi) is 6.84. The number of aryl methyl sites for hydroxylation is 1. The molecule has 0 saturated carbocycles. The lowest BCUT2D eigenvalue weighted by Gasteiger charge is -2.16. The molecular weight excluding hydrogens is 222 g/mol. The summed E-state index contributed by atoms with van der Waals surface area (Å²) < 4.78 is 1.79. The van der Waals surface area contributed by atoms with E-state index < -0.39 is 0 Å². The molecule has 2 N–H and O–H groups in total. The van der Waals surface area contributed by atoms with Crippen LogP contribution < -0.4 is 5.73 Å². The van der Waals surface area contributed by atoms with Crippen LogP contribution in [0.2, 0.25) is 0 Å². The Morgan fingerprint density at radius 2 is 1.78 bits per heavy atom. The second kappa shape index (κ2) is 8.17. The fourth-order valence-corrected chi connectivity index (χ4v) is 2.50. The normalized spacial score (nSPS) is 12.8. The van der Waals surface area contributed by atoms with E-state index in [1.54, 1.807) is 4.68 Å². The highest BCUT2D eigenvalue weighted by molar-refractivity contribution is 5.41. The third kappa shape index (κ3) is 4.35. The van der Waals surface area contributed by atoms with Gasteiger partial charge in [0.15, 0.2) is 0 Å². The number of nitrogen functional groups attached to an aromatic ring is 1. The van der Waals surface area contributed by atoms with Crippen LogP contribution in [0.4, 0.5) is 5.82 Å². The van der Waals surface area contributed by atoms with Gasteiger partial charge in [-0.1, -0.05) is 52.4 Å². The first kappa shape index (κ1) is 15.1. The molecule has 0 aromatic carbocycles. The van der Waals surface area contributed by atoms with E-state index >= 15 is 0 Å². The number of anilines is 1. The van der Waals surface area contributed by atoms with Crippen molar-refractivity contribution in [1.29, 1.82) is 0 Å². The molecule has 1 rings (SSSR count). The topological polar surface area (TPSA) is 43.8 Å². The summed E-state index contributed by atoms with van der Waals surface area (Å²) in [5, 5.41) is 4.28. The SMILES string of the molecule is CCCCCCC(CCCC)c1cnn(C)c1N. The zero-order valence-electron chi connectivity index (χ0n) is 12.3. The molecule has 104 valence electrons. The maximum atomic E-state index is 6.11. The number of hydrogen-bond donors (Lipinski definition) is 1. The van der Waals surface area contributed by atoms with Gasteiger partial charge in [-0.3, -0.25) is 4.68 Å². The Hall–Kier alpha value is -0.990. The van der Waals surface area contributed by atoms with Crippen molar-refractivity contribution < 1.29 is 0 Å². The third-order valence-corrected chi connectivity index (χ3v) is 3.77. The average molecular weight is 251 g/mol. The molecular formula is C15H29N3. The predicted molar refractivity (Wildman–Crippen MR) is 78.6 cm³/mol. The van der Waals surface area contributed by atoms with Gasteiger partial charge in [0.05, 0.1) is 6.20 Å². The predicted octanol–water partition coefficient (Wildman–Crippen LogP) is 4.25. The van der Waals surface area contributed by atoms with Crippen LogP contribution in [0, 0.1) is 0 Å². The van der Waals surface area contributed by atoms with Crippen LogP contribution in [0.1, 0.15) is 76.7 Å². The smallest absolute Gasteiger partial charge is 0.124 e. The first-order valence-electron chi connectivity index (χ1n) is 7.48. The lowest BCUT2D eigenvalue weighted by molar-refractivity contribution is 0.509. The number of rotatable bonds is 9. The Labute approximate surface area is 112 Å². The summed E-state index contributed by atoms with van der Waals surface area (Å²) in [7, 11) is 1.92. The average Bonchev–Trinajstić information content (AvgIpc) is 2.70. The van der Waals surface area contributed by atoms with Gasteiger partial charge < -0.3 is 5.73 Å². The molecule has 3 nitrogen and oxygen atoms in total. The summed E-state index contributed by atoms with van der Waals surface area (Å²) >= 11 is 0. The molecule has 0 fully saturated rings. The molecule has 3 heteroatoms. The van der Waals surface area contributed by atoms with E-state index in [9.17, 15) is 0 Å². The fraction of sp³-hybridized carbons (Fsp3) is 0.800. The Morgan fingerprint density at radius 1 is 1.11 bits per heavy atom. The molecule has 0 amide bonds. The Morgan fingerprint density at radius 3 is 2.33 bits per heavy atom. The molecule has 0 aliphatic carbocycles. The van der Waals surface area contributed by atoms with Gasteiger partial charge in [0.25, 0.3) is 0 Å². The molecule has 1 aromatic heterocycles. The van der Waals surface area contributed by atoms with Crippen LogP contribution in [0.5, 0.6) is 0 Å². The maximum Gasteiger partial charge on any atom is 0.124 e. The molecule has 0 bridgehead atoms. The van der Waals surface area contributed by atoms with Gasteiger partial charge in [0.2, 0.25) is 0 Å². The van der Waals surface area contributed by atoms with Gasteiger partial charge in [-0.25, -0.2) is 0 Å². The molecule has 0 saturated heterocycles. The minimum Gasteiger partial charge on any atom is -0.384 e. The van der Waals surface area contributed by atoms with Crippen molar-refractivity contribution >= 4 is 5.82 Å². The number of nitrogens with zero attached hydrogens (tertiary/aromatic N) is 2. The van der Waals surface area contributed by atoms with E-state index in [0.29, 0.717) is 5.92 Å². The lowest BCUT2D eigenvalue weighted by atomic mass is 9.90. The van der Waals surface area contributed by atoms with Crippen molar-refractivity contribution in [3.8, 4) is 0 Å². The minimum atomic E-state index is 0.607. The van der Waals surface area contributed by atoms with Gasteiger partial charge in [-0.05, 0) is 18.8 Å². The molecule has 1 aromatic rings. The van der Waals surface area contributed by atoms with Crippen LogP contribution in [-0.2, 0) is 7.05 Å². The van der Waals surface area contributed by atoms with Crippen LogP contribution in [-0.4, -0.2) is 9.78 Å². The van der Waals surface area contributed by atoms with E-state index in [1.165, 1.54) is 56.9 Å². The maximum absolute atomic E-state index is 6.11. The van der Waals surface area contributed by atoms with Gasteiger partial charge >= 0.3 is 0 Å². The van der Waals surface area contributed by atoms with E-state index in [4.69, 9.17) is 5.73 Å². The highest BCUT2D eigenvalue weighted by Crippen LogP contribution is 2.31. The molecule has 1 atom stereocenters. The Balaban J connectivity index is 2.57. The van der Waals surface area contributed by atoms with Gasteiger partial charge in [-0.15, -0.1) is 0 Å². The van der Waals surface area contributed by atoms with Gasteiger partial charge in [0.1, 0.15) is 5.82 Å². The number of unbranched alkanes of at least 4 members (excludes halogenated alkanes) is 4. The lowest BCUT2D eigenvalue weighted by Crippen LogP contribution is -2.04. The number of aromatic nitrogens is 2. The van der Waals surface area contributed by atoms with Crippen LogP contribution in [0.25, 0.3) is 0 Å². The third-order valence-electron chi connectivity index (χ3n) is 3.77. The highest BCUT2D eigenvalue weighted by Gasteiger charge is 2.16. The molecule has 0 aliphatic heterocycles. The van der Waals surface area contributed by atoms with Crippen molar-refractivity contribution in [2.45, 2.75) is 71.1 Å². The molecule has 0 aliphatic rings. The van der Waals surface area contributed by atoms with Gasteiger partial charge in [0, 0.05) is 12.6 Å². The minimum absolute atomic E-state index is 0.607. The van der Waals surface area contributed by atoms with Crippen molar-refractivity contribution in [2.75, 3.05) is 5.73 Å². The van der Waals surface area contributed by atoms with Crippen molar-refractivity contribution in [3.05, 3.63) is 11.8 Å². The summed E-state index contributed by atoms with van der Waals surface area (Å²) in [5.74, 6) is 1.46. The van der Waals surface area contributed by atoms with E-state index in [0.717, 1.165) is 5.82 Å². The number of hydrogen-bond acceptors (Lipinski definition) is 2. The summed E-state index contributed by atoms with van der Waals surface area (Å²) in [6.45, 7) is 4.51. The van der Waals surface area contributed by atoms with Crippen LogP contribution in [0.15, 0.2) is 6.20 Å². The molecule has 1 heterocycles. The summed E-state index contributed by atoms with van der Waals surface area (Å²) in [5.41, 5.74) is 7.37. The zero-order valence-corrected chi connectivity index (χ0v) is 12.3. The second-order valence-corrected chi connectivity index (χ2v) is 5.30. The van der Waals surface area contributed by atoms with Crippen LogP contribution in [0.3, 0.4) is 0 Å². The monoisotopic (exact) mass is 251 g/mol. The molecule has 0 radical (unpaired) electrons. The van der Waals surface area contributed by atoms with E-state index in [2.05, 4.69) is 18.9 Å². The van der Waals surface area contributed by atoms with E-state index in [1.807, 2.05) is 13.2 Å². The first-order chi connectivity index (χ1) is 8.70. The molecule has 0 spiro atoms. The fourth-order valence-electron chi connectivity index (χ4n) is 2.50. The Bertz CT molecular complexity index is 330. The standard InChI is InChI=1S/C15H29N3/c1-4-6-8-9-11-13(10-7-5-2)14-12-17-18(3)15(14)16/h12-13H,4-11,16H2,1-3H3. The second-order valence-electron chi connectivity index (χ2n) is 5.30. The number of nitrogens with two attached hydrogens (primary N) is 1. The first-order valence-corrected chi connectivity index (χ1v) is 7.48. The summed E-state index contributed by atoms with van der Waals surface area (Å²) in [4.78, 5) is 0. The van der Waals surface area contributed by atoms with Crippen molar-refractivity contribution in [3.63, 3.8) is 0 Å². The van der Waals surface area contributed by atoms with Crippen molar-refractivity contribution in [1.82, 2.24) is 9.78 Å².